The molecule has 0 radical (unpaired) electrons. The van der Waals surface area contributed by atoms with Gasteiger partial charge in [0.25, 0.3) is 0 Å². The number of hydrogen-bond acceptors (Lipinski definition) is 2. The van der Waals surface area contributed by atoms with Crippen LogP contribution >= 0.6 is 0 Å². The third kappa shape index (κ3) is 4.17. The molecule has 0 spiro atoms. The zero-order valence-electron chi connectivity index (χ0n) is 22.3. The van der Waals surface area contributed by atoms with Crippen LogP contribution in [0.4, 0.5) is 13.2 Å². The fourth-order valence-electron chi connectivity index (χ4n) is 9.98. The van der Waals surface area contributed by atoms with E-state index in [0.717, 1.165) is 39.0 Å². The van der Waals surface area contributed by atoms with Crippen molar-refractivity contribution in [1.82, 2.24) is 0 Å². The Labute approximate surface area is 205 Å². The highest BCUT2D eigenvalue weighted by atomic mass is 19.4. The summed E-state index contributed by atoms with van der Waals surface area (Å²) in [6, 6.07) is 0. The Kier molecular flexibility index (Phi) is 6.80. The standard InChI is InChI=1S/C29H49F3O2/c1-7-28(34)15-14-25(4)20(17-28)8-9-21-22(25)11-12-26(5)23(16-19(3)24(21)26)18(2)10-13-27(6,33)29(30,31)32/h18-24,33-34H,7-17H2,1-6H3/t18-,19+,20+,21-,22+,23-,24+,25+,26-,27+,28+/m1/s1. The molecular formula is C29H49F3O2. The van der Waals surface area contributed by atoms with Crippen molar-refractivity contribution in [1.29, 1.82) is 0 Å². The number of hydrogen-bond donors (Lipinski definition) is 2. The Hall–Kier alpha value is -0.290. The van der Waals surface area contributed by atoms with Crippen LogP contribution in [0.25, 0.3) is 0 Å². The summed E-state index contributed by atoms with van der Waals surface area (Å²) in [7, 11) is 0. The van der Waals surface area contributed by atoms with Gasteiger partial charge in [-0.25, -0.2) is 0 Å². The molecule has 0 saturated heterocycles. The summed E-state index contributed by atoms with van der Waals surface area (Å²) in [5.74, 6) is 3.90. The van der Waals surface area contributed by atoms with E-state index < -0.39 is 17.4 Å². The summed E-state index contributed by atoms with van der Waals surface area (Å²) in [6.07, 6.45) is 5.49. The normalized spacial score (nSPS) is 49.5. The molecule has 198 valence electrons. The number of fused-ring (bicyclic) bond motifs is 5. The minimum atomic E-state index is -4.57. The number of aliphatic hydroxyl groups is 2. The molecule has 4 aliphatic rings. The molecule has 0 heterocycles. The Bertz CT molecular complexity index is 750. The van der Waals surface area contributed by atoms with Gasteiger partial charge < -0.3 is 10.2 Å². The largest absolute Gasteiger partial charge is 0.416 e. The van der Waals surface area contributed by atoms with Gasteiger partial charge in [-0.05, 0) is 130 Å². The average Bonchev–Trinajstić information content (AvgIpc) is 3.02. The molecule has 34 heavy (non-hydrogen) atoms. The van der Waals surface area contributed by atoms with Gasteiger partial charge in [-0.2, -0.15) is 13.2 Å². The van der Waals surface area contributed by atoms with Gasteiger partial charge in [0.05, 0.1) is 5.60 Å². The topological polar surface area (TPSA) is 40.5 Å². The first-order chi connectivity index (χ1) is 15.6. The monoisotopic (exact) mass is 486 g/mol. The second-order valence-corrected chi connectivity index (χ2v) is 14.0. The first kappa shape index (κ1) is 26.8. The van der Waals surface area contributed by atoms with Gasteiger partial charge in [0.2, 0.25) is 0 Å². The molecule has 5 heteroatoms. The molecule has 0 aliphatic heterocycles. The molecule has 11 atom stereocenters. The number of rotatable bonds is 5. The third-order valence-electron chi connectivity index (χ3n) is 12.2. The second-order valence-electron chi connectivity index (χ2n) is 14.0. The van der Waals surface area contributed by atoms with Crippen molar-refractivity contribution in [2.24, 2.45) is 52.3 Å². The lowest BCUT2D eigenvalue weighted by atomic mass is 9.43. The van der Waals surface area contributed by atoms with E-state index in [1.807, 2.05) is 0 Å². The van der Waals surface area contributed by atoms with Gasteiger partial charge in [0, 0.05) is 0 Å². The molecule has 0 amide bonds. The molecule has 0 aromatic heterocycles. The Morgan fingerprint density at radius 2 is 1.71 bits per heavy atom. The van der Waals surface area contributed by atoms with E-state index >= 15 is 0 Å². The lowest BCUT2D eigenvalue weighted by Gasteiger charge is -2.62. The van der Waals surface area contributed by atoms with Gasteiger partial charge in [-0.1, -0.05) is 34.6 Å². The van der Waals surface area contributed by atoms with Crippen molar-refractivity contribution in [3.05, 3.63) is 0 Å². The number of halogens is 3. The first-order valence-electron chi connectivity index (χ1n) is 14.1. The van der Waals surface area contributed by atoms with E-state index in [1.165, 1.54) is 25.7 Å². The zero-order chi connectivity index (χ0) is 25.3. The summed E-state index contributed by atoms with van der Waals surface area (Å²) in [4.78, 5) is 0. The van der Waals surface area contributed by atoms with Gasteiger partial charge in [0.15, 0.2) is 5.60 Å². The smallest absolute Gasteiger partial charge is 0.390 e. The van der Waals surface area contributed by atoms with Crippen LogP contribution in [0.5, 0.6) is 0 Å². The summed E-state index contributed by atoms with van der Waals surface area (Å²) in [5, 5.41) is 21.0. The van der Waals surface area contributed by atoms with Crippen LogP contribution < -0.4 is 0 Å². The maximum atomic E-state index is 13.2. The zero-order valence-corrected chi connectivity index (χ0v) is 22.3. The van der Waals surface area contributed by atoms with Crippen molar-refractivity contribution in [3.8, 4) is 0 Å². The fraction of sp³-hybridized carbons (Fsp3) is 1.00. The first-order valence-corrected chi connectivity index (χ1v) is 14.1. The highest BCUT2D eigenvalue weighted by molar-refractivity contribution is 5.12. The minimum Gasteiger partial charge on any atom is -0.390 e. The summed E-state index contributed by atoms with van der Waals surface area (Å²) >= 11 is 0. The van der Waals surface area contributed by atoms with E-state index in [9.17, 15) is 23.4 Å². The predicted octanol–water partition coefficient (Wildman–Crippen LogP) is 7.76. The molecule has 4 fully saturated rings. The molecule has 2 N–H and O–H groups in total. The highest BCUT2D eigenvalue weighted by Crippen LogP contribution is 2.70. The van der Waals surface area contributed by atoms with E-state index in [2.05, 4.69) is 34.6 Å². The van der Waals surface area contributed by atoms with Gasteiger partial charge in [-0.3, -0.25) is 0 Å². The quantitative estimate of drug-likeness (QED) is 0.417. The average molecular weight is 487 g/mol. The van der Waals surface area contributed by atoms with Crippen molar-refractivity contribution in [2.75, 3.05) is 0 Å². The Balaban J connectivity index is 1.50. The summed E-state index contributed by atoms with van der Waals surface area (Å²) in [5.41, 5.74) is -2.57. The molecule has 0 bridgehead atoms. The third-order valence-corrected chi connectivity index (χ3v) is 12.2. The van der Waals surface area contributed by atoms with Crippen LogP contribution in [0.1, 0.15) is 112 Å². The number of alkyl halides is 3. The predicted molar refractivity (Wildman–Crippen MR) is 130 cm³/mol. The van der Waals surface area contributed by atoms with E-state index in [0.29, 0.717) is 47.3 Å². The van der Waals surface area contributed by atoms with Crippen molar-refractivity contribution in [2.45, 2.75) is 130 Å². The van der Waals surface area contributed by atoms with Crippen LogP contribution in [0.15, 0.2) is 0 Å². The molecule has 4 saturated carbocycles. The Morgan fingerprint density at radius 3 is 2.32 bits per heavy atom. The van der Waals surface area contributed by atoms with Crippen LogP contribution in [-0.2, 0) is 0 Å². The van der Waals surface area contributed by atoms with Crippen molar-refractivity contribution >= 4 is 0 Å². The van der Waals surface area contributed by atoms with Crippen LogP contribution in [0.2, 0.25) is 0 Å². The molecule has 0 unspecified atom stereocenters. The van der Waals surface area contributed by atoms with Crippen LogP contribution in [-0.4, -0.2) is 27.6 Å². The molecule has 4 aliphatic carbocycles. The van der Waals surface area contributed by atoms with Gasteiger partial charge in [-0.15, -0.1) is 0 Å². The minimum absolute atomic E-state index is 0.184. The Morgan fingerprint density at radius 1 is 1.03 bits per heavy atom. The fourth-order valence-corrected chi connectivity index (χ4v) is 9.98. The highest BCUT2D eigenvalue weighted by Gasteiger charge is 2.63. The second kappa shape index (κ2) is 8.64. The lowest BCUT2D eigenvalue weighted by Crippen LogP contribution is -2.56. The van der Waals surface area contributed by atoms with Crippen molar-refractivity contribution in [3.63, 3.8) is 0 Å². The van der Waals surface area contributed by atoms with Crippen LogP contribution in [0.3, 0.4) is 0 Å². The van der Waals surface area contributed by atoms with E-state index in [-0.39, 0.29) is 17.8 Å². The summed E-state index contributed by atoms with van der Waals surface area (Å²) < 4.78 is 39.7. The van der Waals surface area contributed by atoms with Gasteiger partial charge in [0.1, 0.15) is 0 Å². The molecular weight excluding hydrogens is 437 g/mol. The summed E-state index contributed by atoms with van der Waals surface area (Å²) in [6.45, 7) is 12.5. The van der Waals surface area contributed by atoms with E-state index in [1.54, 1.807) is 0 Å². The maximum Gasteiger partial charge on any atom is 0.416 e. The molecule has 4 rings (SSSR count). The van der Waals surface area contributed by atoms with E-state index in [4.69, 9.17) is 0 Å². The maximum absolute atomic E-state index is 13.2. The lowest BCUT2D eigenvalue weighted by molar-refractivity contribution is -0.256. The molecule has 0 aromatic carbocycles. The van der Waals surface area contributed by atoms with Gasteiger partial charge >= 0.3 is 6.18 Å². The molecule has 2 nitrogen and oxygen atoms in total. The van der Waals surface area contributed by atoms with Crippen LogP contribution in [0, 0.1) is 52.3 Å². The SMILES string of the molecule is CC[C@]1(O)CC[C@@]2(C)[C@@H](CC[C@H]3[C@@H]4[C@@H](C)C[C@H]([C@H](C)CC[C@](C)(O)C(F)(F)F)[C@@]4(C)CC[C@@H]32)C1. The molecule has 0 aromatic rings. The van der Waals surface area contributed by atoms with Crippen molar-refractivity contribution < 1.29 is 23.4 Å².